The Hall–Kier alpha value is -3.73. The van der Waals surface area contributed by atoms with Crippen molar-refractivity contribution < 1.29 is 27.9 Å². The van der Waals surface area contributed by atoms with Crippen LogP contribution in [0, 0.1) is 24.0 Å². The fourth-order valence-corrected chi connectivity index (χ4v) is 3.75. The molecule has 1 aliphatic carbocycles. The van der Waals surface area contributed by atoms with Crippen LogP contribution < -0.4 is 14.5 Å². The first kappa shape index (κ1) is 17.4. The summed E-state index contributed by atoms with van der Waals surface area (Å²) in [5, 5.41) is 0. The molecule has 0 radical (unpaired) electrons. The van der Waals surface area contributed by atoms with E-state index in [1.807, 2.05) is 0 Å². The molecule has 2 aliphatic heterocycles. The molecule has 1 spiro atoms. The van der Waals surface area contributed by atoms with Crippen LogP contribution in [0.2, 0.25) is 0 Å². The zero-order chi connectivity index (χ0) is 20.5. The first-order valence-electron chi connectivity index (χ1n) is 8.83. The van der Waals surface area contributed by atoms with Gasteiger partial charge < -0.3 is 4.74 Å². The summed E-state index contributed by atoms with van der Waals surface area (Å²) in [4.78, 5) is 40.0. The summed E-state index contributed by atoms with van der Waals surface area (Å²) in [6, 6.07) is 5.81. The highest BCUT2D eigenvalue weighted by molar-refractivity contribution is 6.34. The second-order valence-corrected chi connectivity index (χ2v) is 7.07. The third-order valence-corrected chi connectivity index (χ3v) is 5.32. The van der Waals surface area contributed by atoms with Crippen molar-refractivity contribution in [3.8, 4) is 18.1 Å². The maximum absolute atomic E-state index is 14.9. The van der Waals surface area contributed by atoms with Gasteiger partial charge in [-0.15, -0.1) is 6.42 Å². The number of hydrogen-bond acceptors (Lipinski definition) is 4. The molecule has 0 aromatic heterocycles. The zero-order valence-electron chi connectivity index (χ0n) is 14.9. The van der Waals surface area contributed by atoms with E-state index in [0.717, 1.165) is 18.2 Å². The number of imide groups is 1. The number of nitrogens with zero attached hydrogens (tertiary/aromatic N) is 2. The van der Waals surface area contributed by atoms with Gasteiger partial charge >= 0.3 is 0 Å². The number of carbonyl (C=O) groups excluding carboxylic acids is 3. The van der Waals surface area contributed by atoms with Crippen molar-refractivity contribution in [1.82, 2.24) is 0 Å². The molecule has 0 unspecified atom stereocenters. The average Bonchev–Trinajstić information content (AvgIpc) is 3.41. The molecule has 2 aromatic rings. The van der Waals surface area contributed by atoms with E-state index in [9.17, 15) is 23.2 Å². The lowest BCUT2D eigenvalue weighted by atomic mass is 10.1. The van der Waals surface area contributed by atoms with Gasteiger partial charge in [0.15, 0.2) is 11.4 Å². The van der Waals surface area contributed by atoms with Crippen LogP contribution in [0.25, 0.3) is 0 Å². The topological polar surface area (TPSA) is 66.9 Å². The van der Waals surface area contributed by atoms with Crippen LogP contribution in [-0.2, 0) is 4.79 Å². The third kappa shape index (κ3) is 2.24. The van der Waals surface area contributed by atoms with Crippen molar-refractivity contribution in [2.24, 2.45) is 0 Å². The monoisotopic (exact) mass is 394 g/mol. The van der Waals surface area contributed by atoms with Gasteiger partial charge in [-0.25, -0.2) is 13.7 Å². The van der Waals surface area contributed by atoms with Gasteiger partial charge in [0.1, 0.15) is 11.6 Å². The summed E-state index contributed by atoms with van der Waals surface area (Å²) in [5.41, 5.74) is -1.86. The molecule has 3 amide bonds. The summed E-state index contributed by atoms with van der Waals surface area (Å²) in [6.07, 6.45) is 6.36. The number of terminal acetylenes is 1. The Bertz CT molecular complexity index is 1180. The molecule has 0 bridgehead atoms. The standard InChI is InChI=1S/C21H12F2N2O4/c1-2-8-24-15-10-14(13(23)9-16(15)29-21(6-7-21)20(24)28)25-18(26)11-4-3-5-12(22)17(11)19(25)27/h1,3-5,9-10H,6-8H2. The Balaban J connectivity index is 1.65. The number of hydrogen-bond donors (Lipinski definition) is 0. The number of rotatable bonds is 2. The first-order chi connectivity index (χ1) is 13.9. The molecular formula is C21H12F2N2O4. The van der Waals surface area contributed by atoms with E-state index < -0.39 is 40.3 Å². The molecule has 2 heterocycles. The van der Waals surface area contributed by atoms with Crippen molar-refractivity contribution in [3.05, 3.63) is 53.1 Å². The molecule has 29 heavy (non-hydrogen) atoms. The fraction of sp³-hybridized carbons (Fsp3) is 0.190. The molecule has 6 nitrogen and oxygen atoms in total. The summed E-state index contributed by atoms with van der Waals surface area (Å²) >= 11 is 0. The number of carbonyl (C=O) groups is 3. The SMILES string of the molecule is C#CCN1C(=O)C2(CC2)Oc2cc(F)c(N3C(=O)c4cccc(F)c4C3=O)cc21. The quantitative estimate of drug-likeness (QED) is 0.580. The van der Waals surface area contributed by atoms with Gasteiger partial charge in [-0.05, 0) is 18.2 Å². The normalized spacial score (nSPS) is 18.4. The summed E-state index contributed by atoms with van der Waals surface area (Å²) in [6.45, 7) is -0.0846. The first-order valence-corrected chi connectivity index (χ1v) is 8.83. The predicted octanol–water partition coefficient (Wildman–Crippen LogP) is 2.66. The largest absolute Gasteiger partial charge is 0.475 e. The number of fused-ring (bicyclic) bond motifs is 2. The summed E-state index contributed by atoms with van der Waals surface area (Å²) in [5.74, 6) is -1.49. The smallest absolute Gasteiger partial charge is 0.272 e. The van der Waals surface area contributed by atoms with Crippen molar-refractivity contribution in [2.45, 2.75) is 18.4 Å². The van der Waals surface area contributed by atoms with Gasteiger partial charge in [0.2, 0.25) is 0 Å². The molecule has 8 heteroatoms. The number of benzene rings is 2. The molecule has 0 atom stereocenters. The van der Waals surface area contributed by atoms with Crippen LogP contribution in [-0.4, -0.2) is 29.9 Å². The Morgan fingerprint density at radius 3 is 2.48 bits per heavy atom. The molecule has 1 fully saturated rings. The Labute approximate surface area is 163 Å². The molecule has 0 N–H and O–H groups in total. The van der Waals surface area contributed by atoms with Crippen molar-refractivity contribution in [2.75, 3.05) is 16.3 Å². The minimum Gasteiger partial charge on any atom is -0.475 e. The number of amides is 3. The average molecular weight is 394 g/mol. The lowest BCUT2D eigenvalue weighted by Gasteiger charge is -2.34. The van der Waals surface area contributed by atoms with Crippen molar-refractivity contribution in [1.29, 1.82) is 0 Å². The lowest BCUT2D eigenvalue weighted by molar-refractivity contribution is -0.128. The van der Waals surface area contributed by atoms with Gasteiger partial charge in [-0.2, -0.15) is 0 Å². The van der Waals surface area contributed by atoms with Crippen LogP contribution in [0.4, 0.5) is 20.2 Å². The molecule has 3 aliphatic rings. The van der Waals surface area contributed by atoms with Crippen LogP contribution in [0.15, 0.2) is 30.3 Å². The molecule has 0 saturated heterocycles. The summed E-state index contributed by atoms with van der Waals surface area (Å²) < 4.78 is 34.7. The predicted molar refractivity (Wildman–Crippen MR) is 97.7 cm³/mol. The van der Waals surface area contributed by atoms with Crippen LogP contribution in [0.3, 0.4) is 0 Å². The maximum Gasteiger partial charge on any atom is 0.272 e. The van der Waals surface area contributed by atoms with E-state index in [1.54, 1.807) is 0 Å². The second-order valence-electron chi connectivity index (χ2n) is 7.07. The second kappa shape index (κ2) is 5.64. The van der Waals surface area contributed by atoms with E-state index in [2.05, 4.69) is 5.92 Å². The molecule has 144 valence electrons. The van der Waals surface area contributed by atoms with E-state index in [4.69, 9.17) is 11.2 Å². The van der Waals surface area contributed by atoms with Crippen LogP contribution in [0.5, 0.6) is 5.75 Å². The van der Waals surface area contributed by atoms with Gasteiger partial charge in [-0.1, -0.05) is 12.0 Å². The van der Waals surface area contributed by atoms with E-state index in [-0.39, 0.29) is 29.5 Å². The Morgan fingerprint density at radius 1 is 1.07 bits per heavy atom. The highest BCUT2D eigenvalue weighted by atomic mass is 19.1. The van der Waals surface area contributed by atoms with E-state index >= 15 is 0 Å². The van der Waals surface area contributed by atoms with E-state index in [0.29, 0.717) is 17.7 Å². The highest BCUT2D eigenvalue weighted by Gasteiger charge is 2.58. The highest BCUT2D eigenvalue weighted by Crippen LogP contribution is 2.50. The Kier molecular flexibility index (Phi) is 3.38. The lowest BCUT2D eigenvalue weighted by Crippen LogP contribution is -2.48. The minimum atomic E-state index is -1.03. The van der Waals surface area contributed by atoms with Gasteiger partial charge in [0, 0.05) is 18.9 Å². The molecule has 5 rings (SSSR count). The van der Waals surface area contributed by atoms with Gasteiger partial charge in [0.05, 0.1) is 29.0 Å². The molecular weight excluding hydrogens is 382 g/mol. The Morgan fingerprint density at radius 2 is 1.83 bits per heavy atom. The minimum absolute atomic E-state index is 0.0846. The summed E-state index contributed by atoms with van der Waals surface area (Å²) in [7, 11) is 0. The third-order valence-electron chi connectivity index (χ3n) is 5.32. The number of ether oxygens (including phenoxy) is 1. The van der Waals surface area contributed by atoms with Gasteiger partial charge in [-0.3, -0.25) is 19.3 Å². The van der Waals surface area contributed by atoms with Gasteiger partial charge in [0.25, 0.3) is 17.7 Å². The molecule has 1 saturated carbocycles. The fourth-order valence-electron chi connectivity index (χ4n) is 3.75. The molecule has 2 aromatic carbocycles. The van der Waals surface area contributed by atoms with E-state index in [1.165, 1.54) is 17.0 Å². The maximum atomic E-state index is 14.9. The number of halogens is 2. The van der Waals surface area contributed by atoms with Crippen molar-refractivity contribution in [3.63, 3.8) is 0 Å². The van der Waals surface area contributed by atoms with Crippen molar-refractivity contribution >= 4 is 29.1 Å². The van der Waals surface area contributed by atoms with Crippen LogP contribution >= 0.6 is 0 Å². The van der Waals surface area contributed by atoms with Crippen LogP contribution in [0.1, 0.15) is 33.6 Å². The zero-order valence-corrected chi connectivity index (χ0v) is 14.9. The number of anilines is 2.